The van der Waals surface area contributed by atoms with Gasteiger partial charge in [-0.15, -0.1) is 0 Å². The zero-order chi connectivity index (χ0) is 11.5. The molecule has 0 fully saturated rings. The van der Waals surface area contributed by atoms with Gasteiger partial charge in [0.1, 0.15) is 6.33 Å². The molecule has 1 atom stereocenters. The molecule has 0 spiro atoms. The summed E-state index contributed by atoms with van der Waals surface area (Å²) in [6.45, 7) is 2.07. The van der Waals surface area contributed by atoms with E-state index in [1.54, 1.807) is 29.7 Å². The number of para-hydroxylation sites is 1. The predicted molar refractivity (Wildman–Crippen MR) is 57.9 cm³/mol. The van der Waals surface area contributed by atoms with Crippen molar-refractivity contribution >= 4 is 17.4 Å². The summed E-state index contributed by atoms with van der Waals surface area (Å²) in [6.07, 6.45) is 0.884. The van der Waals surface area contributed by atoms with Crippen LogP contribution >= 0.6 is 0 Å². The van der Waals surface area contributed by atoms with Gasteiger partial charge < -0.3 is 4.74 Å². The lowest BCUT2D eigenvalue weighted by molar-refractivity contribution is -0.136. The molecule has 0 radical (unpaired) electrons. The van der Waals surface area contributed by atoms with E-state index in [1.165, 1.54) is 6.33 Å². The molecule has 1 heterocycles. The summed E-state index contributed by atoms with van der Waals surface area (Å²) in [5.74, 6) is 0. The smallest absolute Gasteiger partial charge is 0.295 e. The van der Waals surface area contributed by atoms with Crippen LogP contribution in [0.5, 0.6) is 0 Å². The number of hydrogen-bond donors (Lipinski definition) is 0. The maximum absolute atomic E-state index is 11.5. The fourth-order valence-corrected chi connectivity index (χ4v) is 1.56. The Balaban J connectivity index is 2.67. The van der Waals surface area contributed by atoms with Crippen molar-refractivity contribution in [1.29, 1.82) is 0 Å². The van der Waals surface area contributed by atoms with E-state index in [0.717, 1.165) is 0 Å². The molecule has 0 bridgehead atoms. The monoisotopic (exact) mass is 218 g/mol. The fraction of sp³-hybridized carbons (Fsp3) is 0.182. The van der Waals surface area contributed by atoms with E-state index >= 15 is 0 Å². The van der Waals surface area contributed by atoms with Crippen molar-refractivity contribution < 1.29 is 9.53 Å². The average Bonchev–Trinajstić information content (AvgIpc) is 2.30. The third-order valence-corrected chi connectivity index (χ3v) is 2.36. The van der Waals surface area contributed by atoms with Crippen molar-refractivity contribution in [3.8, 4) is 0 Å². The standard InChI is InChI=1S/C11H10N2O3/c1-8(16-7-14)13-6-12-11(15)9-4-2-3-5-10(9)13/h2-8H,1H3. The summed E-state index contributed by atoms with van der Waals surface area (Å²) in [5, 5.41) is 0.506. The van der Waals surface area contributed by atoms with Crippen LogP contribution in [0.4, 0.5) is 0 Å². The number of rotatable bonds is 3. The molecule has 82 valence electrons. The zero-order valence-corrected chi connectivity index (χ0v) is 8.66. The predicted octanol–water partition coefficient (Wildman–Crippen LogP) is 1.09. The van der Waals surface area contributed by atoms with E-state index in [9.17, 15) is 9.59 Å². The van der Waals surface area contributed by atoms with Gasteiger partial charge in [-0.05, 0) is 19.1 Å². The van der Waals surface area contributed by atoms with E-state index in [-0.39, 0.29) is 5.56 Å². The number of fused-ring (bicyclic) bond motifs is 1. The largest absolute Gasteiger partial charge is 0.444 e. The molecule has 1 unspecified atom stereocenters. The molecule has 2 aromatic rings. The Morgan fingerprint density at radius 1 is 1.44 bits per heavy atom. The van der Waals surface area contributed by atoms with Crippen LogP contribution in [0.25, 0.3) is 10.9 Å². The summed E-state index contributed by atoms with van der Waals surface area (Å²) in [5.41, 5.74) is 0.405. The summed E-state index contributed by atoms with van der Waals surface area (Å²) < 4.78 is 6.45. The first-order chi connectivity index (χ1) is 7.74. The first-order valence-electron chi connectivity index (χ1n) is 4.79. The van der Waals surface area contributed by atoms with Crippen LogP contribution < -0.4 is 5.56 Å². The van der Waals surface area contributed by atoms with Crippen molar-refractivity contribution in [2.75, 3.05) is 0 Å². The van der Waals surface area contributed by atoms with E-state index < -0.39 is 6.23 Å². The second kappa shape index (κ2) is 4.14. The molecule has 16 heavy (non-hydrogen) atoms. The quantitative estimate of drug-likeness (QED) is 0.723. The Hall–Kier alpha value is -2.17. The zero-order valence-electron chi connectivity index (χ0n) is 8.66. The van der Waals surface area contributed by atoms with E-state index in [1.807, 2.05) is 6.07 Å². The summed E-state index contributed by atoms with van der Waals surface area (Å²) >= 11 is 0. The minimum atomic E-state index is -0.490. The van der Waals surface area contributed by atoms with Crippen LogP contribution in [-0.2, 0) is 9.53 Å². The molecule has 5 heteroatoms. The molecule has 0 saturated carbocycles. The molecular formula is C11H10N2O3. The lowest BCUT2D eigenvalue weighted by atomic mass is 10.2. The average molecular weight is 218 g/mol. The molecule has 0 aliphatic heterocycles. The first-order valence-corrected chi connectivity index (χ1v) is 4.79. The molecule has 1 aromatic carbocycles. The highest BCUT2D eigenvalue weighted by molar-refractivity contribution is 5.77. The van der Waals surface area contributed by atoms with Gasteiger partial charge in [0.25, 0.3) is 12.0 Å². The highest BCUT2D eigenvalue weighted by Crippen LogP contribution is 2.14. The van der Waals surface area contributed by atoms with Gasteiger partial charge in [0.05, 0.1) is 10.9 Å². The van der Waals surface area contributed by atoms with Crippen molar-refractivity contribution in [3.05, 3.63) is 40.9 Å². The molecule has 0 N–H and O–H groups in total. The molecule has 5 nitrogen and oxygen atoms in total. The lowest BCUT2D eigenvalue weighted by Gasteiger charge is -2.15. The van der Waals surface area contributed by atoms with E-state index in [0.29, 0.717) is 17.4 Å². The Morgan fingerprint density at radius 2 is 2.19 bits per heavy atom. The number of aromatic nitrogens is 2. The SMILES string of the molecule is CC(OC=O)n1cnc(=O)c2ccccc21. The molecule has 0 aliphatic carbocycles. The number of hydrogen-bond acceptors (Lipinski definition) is 4. The van der Waals surface area contributed by atoms with Crippen LogP contribution in [0.2, 0.25) is 0 Å². The van der Waals surface area contributed by atoms with Gasteiger partial charge in [-0.1, -0.05) is 12.1 Å². The molecule has 0 aliphatic rings. The molecule has 0 amide bonds. The van der Waals surface area contributed by atoms with Gasteiger partial charge in [-0.3, -0.25) is 14.2 Å². The van der Waals surface area contributed by atoms with Gasteiger partial charge in [0, 0.05) is 0 Å². The molecule has 1 aromatic heterocycles. The Morgan fingerprint density at radius 3 is 2.94 bits per heavy atom. The van der Waals surface area contributed by atoms with Crippen molar-refractivity contribution in [3.63, 3.8) is 0 Å². The number of nitrogens with zero attached hydrogens (tertiary/aromatic N) is 2. The highest BCUT2D eigenvalue weighted by atomic mass is 16.5. The van der Waals surface area contributed by atoms with Crippen LogP contribution in [0.15, 0.2) is 35.4 Å². The fourth-order valence-electron chi connectivity index (χ4n) is 1.56. The lowest BCUT2D eigenvalue weighted by Crippen LogP contribution is -2.16. The number of carbonyl (C=O) groups is 1. The van der Waals surface area contributed by atoms with Crippen molar-refractivity contribution in [2.24, 2.45) is 0 Å². The van der Waals surface area contributed by atoms with Crippen LogP contribution in [0.1, 0.15) is 13.2 Å². The second-order valence-electron chi connectivity index (χ2n) is 3.31. The highest BCUT2D eigenvalue weighted by Gasteiger charge is 2.08. The van der Waals surface area contributed by atoms with E-state index in [4.69, 9.17) is 4.74 Å². The normalized spacial score (nSPS) is 12.3. The maximum Gasteiger partial charge on any atom is 0.295 e. The molecule has 2 rings (SSSR count). The third-order valence-electron chi connectivity index (χ3n) is 2.36. The Labute approximate surface area is 91.3 Å². The van der Waals surface area contributed by atoms with Gasteiger partial charge in [0.2, 0.25) is 0 Å². The first kappa shape index (κ1) is 10.4. The summed E-state index contributed by atoms with van der Waals surface area (Å²) in [4.78, 5) is 25.5. The number of carbonyl (C=O) groups excluding carboxylic acids is 1. The van der Waals surface area contributed by atoms with Crippen molar-refractivity contribution in [1.82, 2.24) is 9.55 Å². The number of ether oxygens (including phenoxy) is 1. The van der Waals surface area contributed by atoms with Crippen molar-refractivity contribution in [2.45, 2.75) is 13.2 Å². The van der Waals surface area contributed by atoms with Crippen LogP contribution in [-0.4, -0.2) is 16.0 Å². The Kier molecular flexibility index (Phi) is 2.68. The van der Waals surface area contributed by atoms with Gasteiger partial charge >= 0.3 is 0 Å². The summed E-state index contributed by atoms with van der Waals surface area (Å²) in [7, 11) is 0. The minimum absolute atomic E-state index is 0.287. The van der Waals surface area contributed by atoms with Gasteiger partial charge in [-0.2, -0.15) is 4.98 Å². The maximum atomic E-state index is 11.5. The third kappa shape index (κ3) is 1.67. The Bertz CT molecular complexity index is 577. The summed E-state index contributed by atoms with van der Waals surface area (Å²) in [6, 6.07) is 7.05. The van der Waals surface area contributed by atoms with E-state index in [2.05, 4.69) is 4.98 Å². The van der Waals surface area contributed by atoms with Crippen LogP contribution in [0.3, 0.4) is 0 Å². The molecular weight excluding hydrogens is 208 g/mol. The topological polar surface area (TPSA) is 61.2 Å². The minimum Gasteiger partial charge on any atom is -0.444 e. The van der Waals surface area contributed by atoms with Crippen LogP contribution in [0, 0.1) is 0 Å². The number of benzene rings is 1. The second-order valence-corrected chi connectivity index (χ2v) is 3.31. The van der Waals surface area contributed by atoms with Gasteiger partial charge in [0.15, 0.2) is 6.23 Å². The molecule has 0 saturated heterocycles. The van der Waals surface area contributed by atoms with Gasteiger partial charge in [-0.25, -0.2) is 0 Å².